The molecule has 0 radical (unpaired) electrons. The van der Waals surface area contributed by atoms with Gasteiger partial charge in [-0.3, -0.25) is 9.59 Å². The van der Waals surface area contributed by atoms with Gasteiger partial charge >= 0.3 is 0 Å². The van der Waals surface area contributed by atoms with Crippen LogP contribution in [0.3, 0.4) is 0 Å². The van der Waals surface area contributed by atoms with Crippen molar-refractivity contribution in [2.45, 2.75) is 24.5 Å². The summed E-state index contributed by atoms with van der Waals surface area (Å²) in [6.07, 6.45) is -0.659. The van der Waals surface area contributed by atoms with E-state index in [1.54, 1.807) is 30.0 Å². The van der Waals surface area contributed by atoms with Gasteiger partial charge in [-0.1, -0.05) is 30.3 Å². The molecule has 3 aromatic carbocycles. The van der Waals surface area contributed by atoms with Crippen molar-refractivity contribution >= 4 is 33.2 Å². The van der Waals surface area contributed by atoms with Gasteiger partial charge in [-0.25, -0.2) is 12.7 Å². The minimum atomic E-state index is -3.57. The summed E-state index contributed by atoms with van der Waals surface area (Å²) in [5.41, 5.74) is 2.43. The second-order valence-corrected chi connectivity index (χ2v) is 10.3. The third kappa shape index (κ3) is 4.66. The van der Waals surface area contributed by atoms with Gasteiger partial charge in [0, 0.05) is 31.4 Å². The fourth-order valence-corrected chi connectivity index (χ4v) is 4.51. The maximum atomic E-state index is 12.8. The molecule has 176 valence electrons. The lowest BCUT2D eigenvalue weighted by molar-refractivity contribution is -0.125. The molecule has 0 spiro atoms. The third-order valence-corrected chi connectivity index (χ3v) is 7.33. The molecule has 34 heavy (non-hydrogen) atoms. The first-order valence-electron chi connectivity index (χ1n) is 10.7. The Morgan fingerprint density at radius 1 is 1.03 bits per heavy atom. The number of nitrogens with one attached hydrogen (secondary N) is 1. The van der Waals surface area contributed by atoms with Crippen LogP contribution in [0.15, 0.2) is 77.7 Å². The molecule has 0 aliphatic carbocycles. The summed E-state index contributed by atoms with van der Waals surface area (Å²) in [4.78, 5) is 27.3. The highest BCUT2D eigenvalue weighted by atomic mass is 32.2. The Kier molecular flexibility index (Phi) is 6.41. The topological polar surface area (TPSA) is 96.0 Å². The van der Waals surface area contributed by atoms with E-state index in [-0.39, 0.29) is 10.8 Å². The number of anilines is 2. The molecule has 0 fully saturated rings. The fraction of sp³-hybridized carbons (Fsp3) is 0.200. The minimum absolute atomic E-state index is 0.105. The zero-order valence-electron chi connectivity index (χ0n) is 19.1. The molecule has 2 amide bonds. The van der Waals surface area contributed by atoms with Gasteiger partial charge in [0.1, 0.15) is 5.75 Å². The molecule has 0 saturated carbocycles. The first-order valence-corrected chi connectivity index (χ1v) is 12.1. The van der Waals surface area contributed by atoms with Crippen molar-refractivity contribution in [2.24, 2.45) is 0 Å². The number of benzene rings is 3. The smallest absolute Gasteiger partial charge is 0.268 e. The lowest BCUT2D eigenvalue weighted by Crippen LogP contribution is -2.44. The molecule has 1 unspecified atom stereocenters. The van der Waals surface area contributed by atoms with E-state index in [1.807, 2.05) is 30.3 Å². The van der Waals surface area contributed by atoms with Gasteiger partial charge in [0.25, 0.3) is 11.8 Å². The molecule has 0 aromatic heterocycles. The molecule has 0 saturated heterocycles. The van der Waals surface area contributed by atoms with E-state index in [4.69, 9.17) is 4.74 Å². The number of amides is 2. The number of fused-ring (bicyclic) bond motifs is 1. The highest BCUT2D eigenvalue weighted by Crippen LogP contribution is 2.37. The van der Waals surface area contributed by atoms with Crippen LogP contribution in [-0.4, -0.2) is 44.7 Å². The summed E-state index contributed by atoms with van der Waals surface area (Å²) in [7, 11) is -0.677. The maximum absolute atomic E-state index is 12.8. The van der Waals surface area contributed by atoms with Gasteiger partial charge in [-0.05, 0) is 48.9 Å². The molecule has 0 bridgehead atoms. The lowest BCUT2D eigenvalue weighted by atomic mass is 10.1. The van der Waals surface area contributed by atoms with E-state index in [0.717, 1.165) is 9.87 Å². The van der Waals surface area contributed by atoms with E-state index >= 15 is 0 Å². The molecule has 1 heterocycles. The number of sulfonamides is 1. The van der Waals surface area contributed by atoms with Crippen molar-refractivity contribution in [1.29, 1.82) is 0 Å². The van der Waals surface area contributed by atoms with Gasteiger partial charge < -0.3 is 15.0 Å². The minimum Gasteiger partial charge on any atom is -0.479 e. The lowest BCUT2D eigenvalue weighted by Gasteiger charge is -2.33. The second kappa shape index (κ2) is 9.28. The Hall–Kier alpha value is -3.69. The predicted molar refractivity (Wildman–Crippen MR) is 129 cm³/mol. The number of carbonyl (C=O) groups excluding carboxylic acids is 2. The zero-order valence-corrected chi connectivity index (χ0v) is 19.9. The second-order valence-electron chi connectivity index (χ2n) is 8.12. The first kappa shape index (κ1) is 23.5. The summed E-state index contributed by atoms with van der Waals surface area (Å²) in [5.74, 6) is -0.0380. The van der Waals surface area contributed by atoms with Crippen LogP contribution in [0, 0.1) is 0 Å². The van der Waals surface area contributed by atoms with Gasteiger partial charge in [0.05, 0.1) is 17.1 Å². The van der Waals surface area contributed by atoms with Gasteiger partial charge in [0.15, 0.2) is 6.10 Å². The highest BCUT2D eigenvalue weighted by molar-refractivity contribution is 7.89. The molecule has 1 N–H and O–H groups in total. The van der Waals surface area contributed by atoms with Crippen molar-refractivity contribution < 1.29 is 22.7 Å². The number of rotatable bonds is 6. The quantitative estimate of drug-likeness (QED) is 0.584. The molecule has 9 heteroatoms. The summed E-state index contributed by atoms with van der Waals surface area (Å²) < 4.78 is 31.3. The van der Waals surface area contributed by atoms with Gasteiger partial charge in [-0.2, -0.15) is 0 Å². The van der Waals surface area contributed by atoms with Gasteiger partial charge in [-0.15, -0.1) is 0 Å². The van der Waals surface area contributed by atoms with E-state index < -0.39 is 22.0 Å². The average molecular weight is 480 g/mol. The van der Waals surface area contributed by atoms with Crippen LogP contribution < -0.4 is 15.0 Å². The summed E-state index contributed by atoms with van der Waals surface area (Å²) in [6, 6.07) is 20.5. The standard InChI is InChI=1S/C25H25N3O5S/c1-17-25(30)28(16-18-7-5-4-6-8-18)22-14-11-20(15-23(22)33-17)26-24(29)19-9-12-21(13-10-19)34(31,32)27(2)3/h4-15,17H,16H2,1-3H3,(H,26,29). The van der Waals surface area contributed by atoms with Crippen LogP contribution >= 0.6 is 0 Å². The van der Waals surface area contributed by atoms with Crippen molar-refractivity contribution in [3.8, 4) is 5.75 Å². The van der Waals surface area contributed by atoms with E-state index in [2.05, 4.69) is 5.32 Å². The Morgan fingerprint density at radius 3 is 2.35 bits per heavy atom. The normalized spacial score (nSPS) is 15.6. The molecule has 3 aromatic rings. The summed E-state index contributed by atoms with van der Waals surface area (Å²) >= 11 is 0. The summed E-state index contributed by atoms with van der Waals surface area (Å²) in [6.45, 7) is 2.10. The molecule has 8 nitrogen and oxygen atoms in total. The van der Waals surface area contributed by atoms with Crippen molar-refractivity contribution in [3.63, 3.8) is 0 Å². The number of carbonyl (C=O) groups is 2. The summed E-state index contributed by atoms with van der Waals surface area (Å²) in [5, 5.41) is 2.80. The molecule has 1 atom stereocenters. The Labute approximate surface area is 198 Å². The van der Waals surface area contributed by atoms with Crippen molar-refractivity contribution in [3.05, 3.63) is 83.9 Å². The number of nitrogens with zero attached hydrogens (tertiary/aromatic N) is 2. The van der Waals surface area contributed by atoms with E-state index in [9.17, 15) is 18.0 Å². The molecule has 1 aliphatic heterocycles. The van der Waals surface area contributed by atoms with E-state index in [0.29, 0.717) is 29.2 Å². The maximum Gasteiger partial charge on any atom is 0.268 e. The monoisotopic (exact) mass is 479 g/mol. The fourth-order valence-electron chi connectivity index (χ4n) is 3.61. The highest BCUT2D eigenvalue weighted by Gasteiger charge is 2.31. The van der Waals surface area contributed by atoms with Crippen LogP contribution in [0.5, 0.6) is 5.75 Å². The number of hydrogen-bond acceptors (Lipinski definition) is 5. The van der Waals surface area contributed by atoms with Gasteiger partial charge in [0.2, 0.25) is 10.0 Å². The molecular formula is C25H25N3O5S. The molecule has 1 aliphatic rings. The Morgan fingerprint density at radius 2 is 1.71 bits per heavy atom. The Bertz CT molecular complexity index is 1320. The largest absolute Gasteiger partial charge is 0.479 e. The first-order chi connectivity index (χ1) is 16.2. The van der Waals surface area contributed by atoms with Crippen molar-refractivity contribution in [1.82, 2.24) is 4.31 Å². The number of ether oxygens (including phenoxy) is 1. The average Bonchev–Trinajstić information content (AvgIpc) is 2.82. The van der Waals surface area contributed by atoms with Crippen LogP contribution in [-0.2, 0) is 21.4 Å². The zero-order chi connectivity index (χ0) is 24.5. The van der Waals surface area contributed by atoms with Crippen LogP contribution in [0.4, 0.5) is 11.4 Å². The number of hydrogen-bond donors (Lipinski definition) is 1. The van der Waals surface area contributed by atoms with Crippen LogP contribution in [0.1, 0.15) is 22.8 Å². The van der Waals surface area contributed by atoms with Crippen LogP contribution in [0.25, 0.3) is 0 Å². The SMILES string of the molecule is CC1Oc2cc(NC(=O)c3ccc(S(=O)(=O)N(C)C)cc3)ccc2N(Cc2ccccc2)C1=O. The predicted octanol–water partition coefficient (Wildman–Crippen LogP) is 3.50. The molecule has 4 rings (SSSR count). The molecular weight excluding hydrogens is 454 g/mol. The Balaban J connectivity index is 1.54. The van der Waals surface area contributed by atoms with Crippen molar-refractivity contribution in [2.75, 3.05) is 24.3 Å². The van der Waals surface area contributed by atoms with Crippen LogP contribution in [0.2, 0.25) is 0 Å². The third-order valence-electron chi connectivity index (χ3n) is 5.50. The van der Waals surface area contributed by atoms with E-state index in [1.165, 1.54) is 38.4 Å².